The molecule has 4 N–H and O–H groups in total. The number of halogens is 1. The van der Waals surface area contributed by atoms with Crippen LogP contribution in [0.15, 0.2) is 10.7 Å². The molecule has 100 valence electrons. The van der Waals surface area contributed by atoms with Crippen molar-refractivity contribution in [3.8, 4) is 0 Å². The van der Waals surface area contributed by atoms with Gasteiger partial charge in [0.25, 0.3) is 0 Å². The van der Waals surface area contributed by atoms with Crippen molar-refractivity contribution in [3.05, 3.63) is 10.7 Å². The van der Waals surface area contributed by atoms with E-state index in [2.05, 4.69) is 43.6 Å². The van der Waals surface area contributed by atoms with Crippen LogP contribution in [0.25, 0.3) is 0 Å². The molecule has 1 aromatic heterocycles. The molecular weight excluding hydrogens is 298 g/mol. The highest BCUT2D eigenvalue weighted by molar-refractivity contribution is 9.10. The van der Waals surface area contributed by atoms with Crippen molar-refractivity contribution in [1.82, 2.24) is 9.97 Å². The average Bonchev–Trinajstić information content (AvgIpc) is 2.39. The van der Waals surface area contributed by atoms with Gasteiger partial charge in [0.15, 0.2) is 0 Å². The minimum absolute atomic E-state index is 0.249. The molecular formula is C11H18BrN5O. The number of nitrogens with zero attached hydrogens (tertiary/aromatic N) is 2. The number of aromatic nitrogens is 2. The van der Waals surface area contributed by atoms with Gasteiger partial charge in [-0.1, -0.05) is 6.92 Å². The second-order valence-electron chi connectivity index (χ2n) is 4.81. The van der Waals surface area contributed by atoms with Crippen molar-refractivity contribution < 1.29 is 4.74 Å². The highest BCUT2D eigenvalue weighted by atomic mass is 79.9. The maximum atomic E-state index is 5.39. The van der Waals surface area contributed by atoms with E-state index >= 15 is 0 Å². The first-order chi connectivity index (χ1) is 8.63. The molecule has 2 rings (SSSR count). The van der Waals surface area contributed by atoms with E-state index < -0.39 is 0 Å². The second kappa shape index (κ2) is 5.81. The Bertz CT molecular complexity index is 408. The van der Waals surface area contributed by atoms with Crippen LogP contribution in [0.3, 0.4) is 0 Å². The van der Waals surface area contributed by atoms with Gasteiger partial charge in [0.05, 0.1) is 4.47 Å². The highest BCUT2D eigenvalue weighted by Crippen LogP contribution is 2.30. The van der Waals surface area contributed by atoms with Crippen LogP contribution in [0.5, 0.6) is 0 Å². The number of nitrogens with two attached hydrogens (primary N) is 1. The second-order valence-corrected chi connectivity index (χ2v) is 5.67. The summed E-state index contributed by atoms with van der Waals surface area (Å²) in [6, 6.07) is 0. The molecule has 2 heterocycles. The predicted octanol–water partition coefficient (Wildman–Crippen LogP) is 1.75. The predicted molar refractivity (Wildman–Crippen MR) is 74.2 cm³/mol. The maximum absolute atomic E-state index is 5.39. The van der Waals surface area contributed by atoms with Gasteiger partial charge in [-0.3, -0.25) is 5.43 Å². The summed E-state index contributed by atoms with van der Waals surface area (Å²) >= 11 is 3.42. The molecule has 7 heteroatoms. The van der Waals surface area contributed by atoms with Gasteiger partial charge in [0, 0.05) is 26.0 Å². The standard InChI is InChI=1S/C11H18BrN5O/c1-11(2-4-18-5-3-11)7-15-9-8(12)6-14-10(16-9)17-13/h6H,2-5,7,13H2,1H3,(H2,14,15,16,17). The zero-order chi connectivity index (χ0) is 13.0. The van der Waals surface area contributed by atoms with Crippen molar-refractivity contribution in [2.75, 3.05) is 30.5 Å². The molecule has 1 saturated heterocycles. The van der Waals surface area contributed by atoms with E-state index in [1.165, 1.54) is 0 Å². The summed E-state index contributed by atoms with van der Waals surface area (Å²) in [4.78, 5) is 8.29. The monoisotopic (exact) mass is 315 g/mol. The van der Waals surface area contributed by atoms with Crippen molar-refractivity contribution in [3.63, 3.8) is 0 Å². The maximum Gasteiger partial charge on any atom is 0.239 e. The molecule has 1 aliphatic rings. The summed E-state index contributed by atoms with van der Waals surface area (Å²) in [6.07, 6.45) is 3.80. The molecule has 18 heavy (non-hydrogen) atoms. The number of nitrogens with one attached hydrogen (secondary N) is 2. The van der Waals surface area contributed by atoms with E-state index in [1.807, 2.05) is 0 Å². The summed E-state index contributed by atoms with van der Waals surface area (Å²) < 4.78 is 6.22. The van der Waals surface area contributed by atoms with E-state index in [0.717, 1.165) is 42.9 Å². The van der Waals surface area contributed by atoms with Gasteiger partial charge in [-0.15, -0.1) is 0 Å². The van der Waals surface area contributed by atoms with Crippen LogP contribution < -0.4 is 16.6 Å². The summed E-state index contributed by atoms with van der Waals surface area (Å²) in [6.45, 7) is 4.78. The van der Waals surface area contributed by atoms with E-state index in [-0.39, 0.29) is 5.41 Å². The fourth-order valence-electron chi connectivity index (χ4n) is 1.90. The summed E-state index contributed by atoms with van der Waals surface area (Å²) in [7, 11) is 0. The summed E-state index contributed by atoms with van der Waals surface area (Å²) in [5.74, 6) is 6.46. The van der Waals surface area contributed by atoms with Gasteiger partial charge >= 0.3 is 0 Å². The molecule has 0 amide bonds. The molecule has 0 saturated carbocycles. The Hall–Kier alpha value is -0.920. The number of hydrogen-bond donors (Lipinski definition) is 3. The van der Waals surface area contributed by atoms with Crippen molar-refractivity contribution in [1.29, 1.82) is 0 Å². The van der Waals surface area contributed by atoms with Crippen molar-refractivity contribution >= 4 is 27.7 Å². The SMILES string of the molecule is CC1(CNc2nc(NN)ncc2Br)CCOCC1. The smallest absolute Gasteiger partial charge is 0.239 e. The quantitative estimate of drug-likeness (QED) is 0.580. The number of hydrazine groups is 1. The molecule has 0 bridgehead atoms. The molecule has 0 aliphatic carbocycles. The first kappa shape index (κ1) is 13.5. The molecule has 0 radical (unpaired) electrons. The van der Waals surface area contributed by atoms with Crippen molar-refractivity contribution in [2.24, 2.45) is 11.3 Å². The number of hydrogen-bond acceptors (Lipinski definition) is 6. The first-order valence-electron chi connectivity index (χ1n) is 5.94. The molecule has 1 aromatic rings. The number of rotatable bonds is 4. The Morgan fingerprint density at radius 2 is 2.22 bits per heavy atom. The van der Waals surface area contributed by atoms with Crippen LogP contribution >= 0.6 is 15.9 Å². The lowest BCUT2D eigenvalue weighted by Crippen LogP contribution is -2.33. The highest BCUT2D eigenvalue weighted by Gasteiger charge is 2.27. The van der Waals surface area contributed by atoms with E-state index in [4.69, 9.17) is 10.6 Å². The molecule has 0 unspecified atom stereocenters. The first-order valence-corrected chi connectivity index (χ1v) is 6.73. The van der Waals surface area contributed by atoms with Gasteiger partial charge in [0.2, 0.25) is 5.95 Å². The lowest BCUT2D eigenvalue weighted by Gasteiger charge is -2.33. The third-order valence-electron chi connectivity index (χ3n) is 3.26. The Morgan fingerprint density at radius 3 is 2.89 bits per heavy atom. The Balaban J connectivity index is 2.00. The van der Waals surface area contributed by atoms with E-state index in [1.54, 1.807) is 6.20 Å². The van der Waals surface area contributed by atoms with Crippen LogP contribution in [0.1, 0.15) is 19.8 Å². The van der Waals surface area contributed by atoms with Crippen LogP contribution in [-0.2, 0) is 4.74 Å². The number of ether oxygens (including phenoxy) is 1. The van der Waals surface area contributed by atoms with E-state index in [9.17, 15) is 0 Å². The topological polar surface area (TPSA) is 85.1 Å². The molecule has 0 aromatic carbocycles. The Kier molecular flexibility index (Phi) is 4.36. The van der Waals surface area contributed by atoms with Gasteiger partial charge < -0.3 is 10.1 Å². The minimum Gasteiger partial charge on any atom is -0.381 e. The number of anilines is 2. The van der Waals surface area contributed by atoms with Crippen LogP contribution in [0.4, 0.5) is 11.8 Å². The molecule has 1 aliphatic heterocycles. The molecule has 6 nitrogen and oxygen atoms in total. The minimum atomic E-state index is 0.249. The molecule has 0 spiro atoms. The van der Waals surface area contributed by atoms with E-state index in [0.29, 0.717) is 5.95 Å². The Morgan fingerprint density at radius 1 is 1.50 bits per heavy atom. The summed E-state index contributed by atoms with van der Waals surface area (Å²) in [5, 5.41) is 3.35. The lowest BCUT2D eigenvalue weighted by molar-refractivity contribution is 0.0299. The van der Waals surface area contributed by atoms with Gasteiger partial charge in [-0.05, 0) is 34.2 Å². The van der Waals surface area contributed by atoms with Crippen molar-refractivity contribution in [2.45, 2.75) is 19.8 Å². The Labute approximate surface area is 115 Å². The number of nitrogen functional groups attached to an aromatic ring is 1. The van der Waals surface area contributed by atoms with Gasteiger partial charge in [-0.25, -0.2) is 10.8 Å². The normalized spacial score (nSPS) is 18.4. The third kappa shape index (κ3) is 3.30. The van der Waals surface area contributed by atoms with Crippen LogP contribution in [0, 0.1) is 5.41 Å². The molecule has 1 fully saturated rings. The lowest BCUT2D eigenvalue weighted by atomic mass is 9.82. The van der Waals surface area contributed by atoms with Gasteiger partial charge in [-0.2, -0.15) is 4.98 Å². The molecule has 0 atom stereocenters. The van der Waals surface area contributed by atoms with Crippen LogP contribution in [0.2, 0.25) is 0 Å². The fraction of sp³-hybridized carbons (Fsp3) is 0.636. The fourth-order valence-corrected chi connectivity index (χ4v) is 2.23. The summed E-state index contributed by atoms with van der Waals surface area (Å²) in [5.41, 5.74) is 2.69. The van der Waals surface area contributed by atoms with Gasteiger partial charge in [0.1, 0.15) is 5.82 Å². The third-order valence-corrected chi connectivity index (χ3v) is 3.84. The largest absolute Gasteiger partial charge is 0.381 e. The zero-order valence-electron chi connectivity index (χ0n) is 10.4. The van der Waals surface area contributed by atoms with Crippen LogP contribution in [-0.4, -0.2) is 29.7 Å². The average molecular weight is 316 g/mol. The zero-order valence-corrected chi connectivity index (χ0v) is 12.0.